The molecule has 3 N–H and O–H groups in total. The lowest BCUT2D eigenvalue weighted by Gasteiger charge is -2.35. The Labute approximate surface area is 169 Å². The summed E-state index contributed by atoms with van der Waals surface area (Å²) in [4.78, 5) is 52.2. The first-order valence-electron chi connectivity index (χ1n) is 9.92. The fourth-order valence-corrected chi connectivity index (χ4v) is 4.03. The van der Waals surface area contributed by atoms with Crippen LogP contribution in [0.5, 0.6) is 0 Å². The van der Waals surface area contributed by atoms with Gasteiger partial charge in [-0.1, -0.05) is 25.3 Å². The van der Waals surface area contributed by atoms with Gasteiger partial charge in [0.2, 0.25) is 5.91 Å². The second kappa shape index (κ2) is 8.50. The van der Waals surface area contributed by atoms with E-state index in [2.05, 4.69) is 16.0 Å². The van der Waals surface area contributed by atoms with Crippen molar-refractivity contribution in [1.29, 1.82) is 0 Å². The Balaban J connectivity index is 1.64. The zero-order chi connectivity index (χ0) is 21.0. The van der Waals surface area contributed by atoms with Crippen molar-refractivity contribution < 1.29 is 19.2 Å². The maximum absolute atomic E-state index is 13.0. The Bertz CT molecular complexity index is 819. The van der Waals surface area contributed by atoms with Crippen LogP contribution in [-0.2, 0) is 9.59 Å². The van der Waals surface area contributed by atoms with Crippen molar-refractivity contribution in [1.82, 2.24) is 15.1 Å². The lowest BCUT2D eigenvalue weighted by molar-refractivity contribution is -0.136. The van der Waals surface area contributed by atoms with Gasteiger partial charge >= 0.3 is 12.1 Å². The normalized spacial score (nSPS) is 18.1. The molecular formula is C20H27N5O4. The number of imide groups is 1. The molecule has 1 aromatic rings. The Morgan fingerprint density at radius 1 is 1.07 bits per heavy atom. The lowest BCUT2D eigenvalue weighted by atomic mass is 9.81. The van der Waals surface area contributed by atoms with Crippen LogP contribution < -0.4 is 16.0 Å². The summed E-state index contributed by atoms with van der Waals surface area (Å²) in [6, 6.07) is 5.89. The van der Waals surface area contributed by atoms with Crippen molar-refractivity contribution in [2.24, 2.45) is 0 Å². The van der Waals surface area contributed by atoms with Crippen molar-refractivity contribution in [2.75, 3.05) is 30.8 Å². The largest absolute Gasteiger partial charge is 0.338 e. The van der Waals surface area contributed by atoms with Crippen LogP contribution in [0.15, 0.2) is 24.3 Å². The summed E-state index contributed by atoms with van der Waals surface area (Å²) in [7, 11) is 1.64. The standard InChI is InChI=1S/C20H27N5O4/c1-3-21-18(28)23-15-9-7-8-14(12-15)22-16(26)13-25-17(27)20(24(2)19(25)29)10-5-4-6-11-20/h7-9,12H,3-6,10-11,13H2,1-2H3,(H,22,26)(H2,21,23,28). The molecule has 3 rings (SSSR count). The van der Waals surface area contributed by atoms with E-state index in [9.17, 15) is 19.2 Å². The molecule has 156 valence electrons. The first kappa shape index (κ1) is 20.6. The molecule has 0 atom stereocenters. The van der Waals surface area contributed by atoms with Crippen LogP contribution in [0.1, 0.15) is 39.0 Å². The number of nitrogens with one attached hydrogen (secondary N) is 3. The van der Waals surface area contributed by atoms with Crippen molar-refractivity contribution in [3.8, 4) is 0 Å². The number of hydrogen-bond acceptors (Lipinski definition) is 4. The highest BCUT2D eigenvalue weighted by Crippen LogP contribution is 2.39. The number of hydrogen-bond donors (Lipinski definition) is 3. The third-order valence-corrected chi connectivity index (χ3v) is 5.53. The SMILES string of the molecule is CCNC(=O)Nc1cccc(NC(=O)CN2C(=O)N(C)C3(CCCCC3)C2=O)c1. The van der Waals surface area contributed by atoms with Gasteiger partial charge in [-0.15, -0.1) is 0 Å². The van der Waals surface area contributed by atoms with Gasteiger partial charge in [0.1, 0.15) is 12.1 Å². The molecule has 0 unspecified atom stereocenters. The third-order valence-electron chi connectivity index (χ3n) is 5.53. The molecule has 1 aromatic carbocycles. The van der Waals surface area contributed by atoms with E-state index in [1.54, 1.807) is 31.3 Å². The lowest BCUT2D eigenvalue weighted by Crippen LogP contribution is -2.49. The fourth-order valence-electron chi connectivity index (χ4n) is 4.03. The fraction of sp³-hybridized carbons (Fsp3) is 0.500. The molecule has 1 saturated heterocycles. The van der Waals surface area contributed by atoms with Crippen molar-refractivity contribution in [2.45, 2.75) is 44.6 Å². The molecule has 0 bridgehead atoms. The van der Waals surface area contributed by atoms with E-state index in [4.69, 9.17) is 0 Å². The van der Waals surface area contributed by atoms with Crippen LogP contribution in [0.2, 0.25) is 0 Å². The minimum atomic E-state index is -0.800. The van der Waals surface area contributed by atoms with E-state index in [0.29, 0.717) is 30.8 Å². The summed E-state index contributed by atoms with van der Waals surface area (Å²) in [6.07, 6.45) is 4.13. The van der Waals surface area contributed by atoms with Gasteiger partial charge in [-0.3, -0.25) is 14.5 Å². The van der Waals surface area contributed by atoms with Crippen LogP contribution in [0.4, 0.5) is 21.0 Å². The molecule has 1 heterocycles. The highest BCUT2D eigenvalue weighted by atomic mass is 16.2. The molecule has 1 aliphatic carbocycles. The number of rotatable bonds is 5. The molecule has 1 spiro atoms. The number of carbonyl (C=O) groups is 4. The summed E-state index contributed by atoms with van der Waals surface area (Å²) < 4.78 is 0. The van der Waals surface area contributed by atoms with E-state index in [0.717, 1.165) is 24.2 Å². The molecule has 0 radical (unpaired) electrons. The number of nitrogens with zero attached hydrogens (tertiary/aromatic N) is 2. The molecule has 0 aromatic heterocycles. The highest BCUT2D eigenvalue weighted by molar-refractivity contribution is 6.10. The second-order valence-electron chi connectivity index (χ2n) is 7.44. The third kappa shape index (κ3) is 4.18. The molecule has 2 fully saturated rings. The first-order valence-corrected chi connectivity index (χ1v) is 9.92. The van der Waals surface area contributed by atoms with Gasteiger partial charge in [-0.05, 0) is 38.0 Å². The van der Waals surface area contributed by atoms with Gasteiger partial charge in [0.25, 0.3) is 5.91 Å². The number of amides is 6. The summed E-state index contributed by atoms with van der Waals surface area (Å²) in [6.45, 7) is 1.97. The molecular weight excluding hydrogens is 374 g/mol. The monoisotopic (exact) mass is 401 g/mol. The quantitative estimate of drug-likeness (QED) is 0.658. The summed E-state index contributed by atoms with van der Waals surface area (Å²) in [5.41, 5.74) is 0.179. The maximum atomic E-state index is 13.0. The molecule has 1 saturated carbocycles. The maximum Gasteiger partial charge on any atom is 0.327 e. The van der Waals surface area contributed by atoms with Gasteiger partial charge < -0.3 is 20.9 Å². The zero-order valence-corrected chi connectivity index (χ0v) is 16.8. The molecule has 1 aliphatic heterocycles. The van der Waals surface area contributed by atoms with Crippen LogP contribution in [0.3, 0.4) is 0 Å². The summed E-state index contributed by atoms with van der Waals surface area (Å²) in [5, 5.41) is 7.97. The van der Waals surface area contributed by atoms with E-state index in [1.165, 1.54) is 4.90 Å². The molecule has 6 amide bonds. The van der Waals surface area contributed by atoms with Gasteiger partial charge in [-0.2, -0.15) is 0 Å². The first-order chi connectivity index (χ1) is 13.9. The highest BCUT2D eigenvalue weighted by Gasteiger charge is 2.55. The Morgan fingerprint density at radius 2 is 1.72 bits per heavy atom. The average molecular weight is 401 g/mol. The van der Waals surface area contributed by atoms with E-state index < -0.39 is 17.5 Å². The Morgan fingerprint density at radius 3 is 2.38 bits per heavy atom. The van der Waals surface area contributed by atoms with E-state index in [1.807, 2.05) is 6.92 Å². The minimum Gasteiger partial charge on any atom is -0.338 e. The van der Waals surface area contributed by atoms with E-state index in [-0.39, 0.29) is 18.5 Å². The van der Waals surface area contributed by atoms with Gasteiger partial charge in [0.05, 0.1) is 0 Å². The van der Waals surface area contributed by atoms with Gasteiger partial charge in [0.15, 0.2) is 0 Å². The van der Waals surface area contributed by atoms with Crippen molar-refractivity contribution >= 4 is 35.3 Å². The van der Waals surface area contributed by atoms with Crippen molar-refractivity contribution in [3.63, 3.8) is 0 Å². The summed E-state index contributed by atoms with van der Waals surface area (Å²) >= 11 is 0. The number of likely N-dealkylation sites (N-methyl/N-ethyl adjacent to an activating group) is 1. The predicted molar refractivity (Wildman–Crippen MR) is 108 cm³/mol. The van der Waals surface area contributed by atoms with Crippen LogP contribution >= 0.6 is 0 Å². The second-order valence-corrected chi connectivity index (χ2v) is 7.44. The van der Waals surface area contributed by atoms with Crippen LogP contribution in [-0.4, -0.2) is 59.4 Å². The predicted octanol–water partition coefficient (Wildman–Crippen LogP) is 2.36. The number of benzene rings is 1. The smallest absolute Gasteiger partial charge is 0.327 e. The van der Waals surface area contributed by atoms with Crippen LogP contribution in [0, 0.1) is 0 Å². The van der Waals surface area contributed by atoms with Crippen LogP contribution in [0.25, 0.3) is 0 Å². The van der Waals surface area contributed by atoms with Gasteiger partial charge in [0, 0.05) is 25.0 Å². The number of carbonyl (C=O) groups excluding carboxylic acids is 4. The minimum absolute atomic E-state index is 0.286. The molecule has 29 heavy (non-hydrogen) atoms. The molecule has 2 aliphatic rings. The van der Waals surface area contributed by atoms with Gasteiger partial charge in [-0.25, -0.2) is 9.59 Å². The average Bonchev–Trinajstić information content (AvgIpc) is 2.85. The van der Waals surface area contributed by atoms with E-state index >= 15 is 0 Å². The Hall–Kier alpha value is -3.10. The Kier molecular flexibility index (Phi) is 6.05. The molecule has 9 heteroatoms. The van der Waals surface area contributed by atoms with Crippen molar-refractivity contribution in [3.05, 3.63) is 24.3 Å². The zero-order valence-electron chi connectivity index (χ0n) is 16.8. The number of urea groups is 2. The molecule has 9 nitrogen and oxygen atoms in total. The summed E-state index contributed by atoms with van der Waals surface area (Å²) in [5.74, 6) is -0.755. The topological polar surface area (TPSA) is 111 Å². The number of anilines is 2.